The minimum Gasteiger partial charge on any atom is -0.496 e. The van der Waals surface area contributed by atoms with E-state index in [0.29, 0.717) is 23.4 Å². The van der Waals surface area contributed by atoms with Crippen LogP contribution in [0.15, 0.2) is 82.4 Å². The lowest BCUT2D eigenvalue weighted by Gasteiger charge is -2.41. The van der Waals surface area contributed by atoms with E-state index in [2.05, 4.69) is 9.88 Å². The van der Waals surface area contributed by atoms with E-state index in [-0.39, 0.29) is 40.0 Å². The monoisotopic (exact) mass is 673 g/mol. The first-order valence-electron chi connectivity index (χ1n) is 15.3. The largest absolute Gasteiger partial charge is 0.496 e. The molecule has 0 radical (unpaired) electrons. The number of benzene rings is 3. The van der Waals surface area contributed by atoms with Gasteiger partial charge in [0.25, 0.3) is 15.9 Å². The van der Waals surface area contributed by atoms with Crippen molar-refractivity contribution in [2.24, 2.45) is 0 Å². The molecule has 0 spiro atoms. The number of methoxy groups -OCH3 is 1. The van der Waals surface area contributed by atoms with E-state index in [1.807, 2.05) is 24.3 Å². The lowest BCUT2D eigenvalue weighted by molar-refractivity contribution is -0.127. The summed E-state index contributed by atoms with van der Waals surface area (Å²) in [7, 11) is -3.01. The molecule has 3 aliphatic heterocycles. The number of anilines is 1. The van der Waals surface area contributed by atoms with Crippen LogP contribution >= 0.6 is 11.6 Å². The summed E-state index contributed by atoms with van der Waals surface area (Å²) in [5, 5.41) is 20.7. The highest BCUT2D eigenvalue weighted by Gasteiger charge is 2.63. The molecule has 3 aromatic carbocycles. The van der Waals surface area contributed by atoms with E-state index in [1.165, 1.54) is 56.0 Å². The van der Waals surface area contributed by atoms with Crippen molar-refractivity contribution < 1.29 is 27.5 Å². The molecule has 4 heterocycles. The number of aliphatic hydroxyl groups excluding tert-OH is 1. The first-order chi connectivity index (χ1) is 22.7. The van der Waals surface area contributed by atoms with E-state index in [4.69, 9.17) is 20.8 Å². The van der Waals surface area contributed by atoms with Crippen molar-refractivity contribution in [1.82, 2.24) is 14.8 Å². The third-order valence-electron chi connectivity index (χ3n) is 9.29. The number of nitriles is 1. The maximum absolute atomic E-state index is 15.4. The fourth-order valence-electron chi connectivity index (χ4n) is 7.23. The summed E-state index contributed by atoms with van der Waals surface area (Å²) in [6.07, 6.45) is 4.47. The van der Waals surface area contributed by atoms with Crippen molar-refractivity contribution in [2.45, 2.75) is 48.4 Å². The van der Waals surface area contributed by atoms with Gasteiger partial charge in [0, 0.05) is 29.2 Å². The second kappa shape index (κ2) is 12.1. The van der Waals surface area contributed by atoms with Crippen LogP contribution in [0.1, 0.15) is 53.4 Å². The molecular formula is C34H32ClN5O6S. The molecule has 1 amide bonds. The highest BCUT2D eigenvalue weighted by atomic mass is 35.5. The Kier molecular flexibility index (Phi) is 8.06. The Hall–Kier alpha value is -4.25. The predicted octanol–water partition coefficient (Wildman–Crippen LogP) is 4.59. The van der Waals surface area contributed by atoms with Gasteiger partial charge >= 0.3 is 0 Å². The minimum absolute atomic E-state index is 0.00578. The van der Waals surface area contributed by atoms with Gasteiger partial charge in [-0.1, -0.05) is 23.7 Å². The number of carbonyl (C=O) groups excluding carboxylic acids is 1. The van der Waals surface area contributed by atoms with Crippen molar-refractivity contribution in [2.75, 3.05) is 31.0 Å². The van der Waals surface area contributed by atoms with Gasteiger partial charge in [0.2, 0.25) is 5.89 Å². The molecule has 3 aliphatic rings. The highest BCUT2D eigenvalue weighted by Crippen LogP contribution is 2.56. The summed E-state index contributed by atoms with van der Waals surface area (Å²) in [5.74, 6) is -0.142. The summed E-state index contributed by atoms with van der Waals surface area (Å²) in [6.45, 7) is 2.67. The Labute approximate surface area is 277 Å². The molecule has 0 saturated carbocycles. The zero-order valence-electron chi connectivity index (χ0n) is 25.5. The van der Waals surface area contributed by atoms with E-state index in [1.54, 1.807) is 11.0 Å². The number of amides is 1. The Morgan fingerprint density at radius 1 is 1.11 bits per heavy atom. The number of aromatic nitrogens is 1. The number of nitrogens with zero attached hydrogens (tertiary/aromatic N) is 5. The third kappa shape index (κ3) is 5.10. The summed E-state index contributed by atoms with van der Waals surface area (Å²) in [4.78, 5) is 23.7. The normalized spacial score (nSPS) is 23.3. The molecule has 2 fully saturated rings. The quantitative estimate of drug-likeness (QED) is 0.282. The fourth-order valence-corrected chi connectivity index (χ4v) is 8.87. The summed E-state index contributed by atoms with van der Waals surface area (Å²) in [6, 6.07) is 16.9. The lowest BCUT2D eigenvalue weighted by Crippen LogP contribution is -2.55. The average Bonchev–Trinajstić information content (AvgIpc) is 3.88. The Morgan fingerprint density at radius 2 is 1.87 bits per heavy atom. The summed E-state index contributed by atoms with van der Waals surface area (Å²) < 4.78 is 41.4. The standard InChI is InChI=1S/C34H32ClN5O6S/c1-45-31-16-23(20-38-13-2-3-14-38)6-10-27(31)34(39-21-25(41)18-30(39)32-37-12-15-46-32)28-17-24(35)7-11-29(28)40(33(34)42)47(43,44)26-8-4-22(19-36)5-9-26/h4-12,15-17,25,30,41H,2-3,13-14,18,20-21H2,1H3/t25-,30+,34?/m1/s1. The number of halogens is 1. The number of hydrogen-bond donors (Lipinski definition) is 1. The molecule has 0 aliphatic carbocycles. The number of rotatable bonds is 8. The van der Waals surface area contributed by atoms with Gasteiger partial charge in [0.15, 0.2) is 5.54 Å². The van der Waals surface area contributed by atoms with Crippen LogP contribution in [0.5, 0.6) is 5.75 Å². The number of ether oxygens (including phenoxy) is 1. The molecule has 1 unspecified atom stereocenters. The smallest absolute Gasteiger partial charge is 0.271 e. The Balaban J connectivity index is 1.48. The predicted molar refractivity (Wildman–Crippen MR) is 172 cm³/mol. The average molecular weight is 674 g/mol. The van der Waals surface area contributed by atoms with Crippen molar-refractivity contribution in [1.29, 1.82) is 5.26 Å². The molecule has 242 valence electrons. The van der Waals surface area contributed by atoms with Crippen LogP contribution < -0.4 is 9.04 Å². The van der Waals surface area contributed by atoms with Crippen LogP contribution in [0.25, 0.3) is 0 Å². The second-order valence-electron chi connectivity index (χ2n) is 12.0. The molecule has 7 rings (SSSR count). The zero-order valence-corrected chi connectivity index (χ0v) is 27.1. The summed E-state index contributed by atoms with van der Waals surface area (Å²) in [5.41, 5.74) is 0.224. The van der Waals surface area contributed by atoms with Gasteiger partial charge in [-0.3, -0.25) is 14.6 Å². The number of β-amino-alcohol motifs (C(OH)–C–C–N with tert-alkyl or cyclic N) is 1. The molecule has 13 heteroatoms. The molecule has 1 aromatic heterocycles. The lowest BCUT2D eigenvalue weighted by atomic mass is 9.80. The number of carbonyl (C=O) groups is 1. The van der Waals surface area contributed by atoms with Crippen LogP contribution in [0.4, 0.5) is 5.69 Å². The number of fused-ring (bicyclic) bond motifs is 1. The van der Waals surface area contributed by atoms with Crippen molar-refractivity contribution in [3.05, 3.63) is 106 Å². The first kappa shape index (κ1) is 31.4. The van der Waals surface area contributed by atoms with Crippen molar-refractivity contribution in [3.63, 3.8) is 0 Å². The van der Waals surface area contributed by atoms with Gasteiger partial charge in [-0.15, -0.1) is 0 Å². The maximum atomic E-state index is 15.4. The minimum atomic E-state index is -4.52. The molecule has 4 aromatic rings. The van der Waals surface area contributed by atoms with Gasteiger partial charge in [-0.2, -0.15) is 5.26 Å². The number of sulfonamides is 1. The molecule has 47 heavy (non-hydrogen) atoms. The second-order valence-corrected chi connectivity index (χ2v) is 14.3. The van der Waals surface area contributed by atoms with E-state index in [9.17, 15) is 18.8 Å². The third-order valence-corrected chi connectivity index (χ3v) is 11.2. The molecule has 2 saturated heterocycles. The molecule has 0 bridgehead atoms. The van der Waals surface area contributed by atoms with Gasteiger partial charge in [-0.25, -0.2) is 17.7 Å². The van der Waals surface area contributed by atoms with Crippen LogP contribution in [0.3, 0.4) is 0 Å². The molecule has 11 nitrogen and oxygen atoms in total. The number of hydrogen-bond acceptors (Lipinski definition) is 10. The number of aliphatic hydroxyl groups is 1. The fraction of sp³-hybridized carbons (Fsp3) is 0.324. The zero-order chi connectivity index (χ0) is 32.9. The molecule has 1 N–H and O–H groups in total. The Morgan fingerprint density at radius 3 is 2.55 bits per heavy atom. The van der Waals surface area contributed by atoms with E-state index in [0.717, 1.165) is 35.8 Å². The van der Waals surface area contributed by atoms with Crippen LogP contribution in [-0.4, -0.2) is 67.1 Å². The van der Waals surface area contributed by atoms with Crippen LogP contribution in [-0.2, 0) is 26.9 Å². The maximum Gasteiger partial charge on any atom is 0.271 e. The summed E-state index contributed by atoms with van der Waals surface area (Å²) >= 11 is 6.62. The molecule has 3 atom stereocenters. The molecular weight excluding hydrogens is 642 g/mol. The van der Waals surface area contributed by atoms with Crippen LogP contribution in [0, 0.1) is 11.3 Å². The van der Waals surface area contributed by atoms with Gasteiger partial charge in [0.05, 0.1) is 47.7 Å². The van der Waals surface area contributed by atoms with E-state index < -0.39 is 33.6 Å². The number of oxazole rings is 1. The van der Waals surface area contributed by atoms with Gasteiger partial charge in [-0.05, 0) is 86.4 Å². The first-order valence-corrected chi connectivity index (χ1v) is 17.1. The van der Waals surface area contributed by atoms with Crippen molar-refractivity contribution in [3.8, 4) is 11.8 Å². The van der Waals surface area contributed by atoms with Crippen LogP contribution in [0.2, 0.25) is 5.02 Å². The number of likely N-dealkylation sites (tertiary alicyclic amines) is 2. The highest BCUT2D eigenvalue weighted by molar-refractivity contribution is 7.93. The van der Waals surface area contributed by atoms with E-state index >= 15 is 4.79 Å². The Bertz CT molecular complexity index is 1970. The van der Waals surface area contributed by atoms with Gasteiger partial charge in [0.1, 0.15) is 12.0 Å². The topological polar surface area (TPSA) is 140 Å². The van der Waals surface area contributed by atoms with Gasteiger partial charge < -0.3 is 14.3 Å². The SMILES string of the molecule is COc1cc(CN2CCCC2)ccc1C1(N2C[C@H](O)C[C@H]2c2ncco2)C(=O)N(S(=O)(=O)c2ccc(C#N)cc2)c2ccc(Cl)cc21. The van der Waals surface area contributed by atoms with Crippen molar-refractivity contribution >= 4 is 33.2 Å².